The molecule has 302 valence electrons. The highest BCUT2D eigenvalue weighted by molar-refractivity contribution is 6.38. The number of ether oxygens (including phenoxy) is 2. The van der Waals surface area contributed by atoms with E-state index in [1.165, 1.54) is 19.3 Å². The molecular formula is C41H65N5O8. The van der Waals surface area contributed by atoms with Crippen molar-refractivity contribution in [2.24, 2.45) is 35.5 Å². The highest BCUT2D eigenvalue weighted by atomic mass is 16.6. The number of urea groups is 1. The Morgan fingerprint density at radius 2 is 1.50 bits per heavy atom. The molecule has 13 heteroatoms. The van der Waals surface area contributed by atoms with Gasteiger partial charge in [-0.15, -0.1) is 0 Å². The van der Waals surface area contributed by atoms with Crippen molar-refractivity contribution < 1.29 is 38.2 Å². The summed E-state index contributed by atoms with van der Waals surface area (Å²) in [7, 11) is 0. The van der Waals surface area contributed by atoms with E-state index in [0.717, 1.165) is 51.4 Å². The van der Waals surface area contributed by atoms with Gasteiger partial charge in [-0.3, -0.25) is 24.0 Å². The average molecular weight is 756 g/mol. The Kier molecular flexibility index (Phi) is 12.6. The summed E-state index contributed by atoms with van der Waals surface area (Å²) in [5.41, 5.74) is -0.874. The van der Waals surface area contributed by atoms with Crippen LogP contribution >= 0.6 is 0 Å². The van der Waals surface area contributed by atoms with Crippen LogP contribution in [0.1, 0.15) is 131 Å². The van der Waals surface area contributed by atoms with Crippen molar-refractivity contribution in [1.29, 1.82) is 0 Å². The lowest BCUT2D eigenvalue weighted by Crippen LogP contribution is -2.64. The zero-order valence-electron chi connectivity index (χ0n) is 33.2. The summed E-state index contributed by atoms with van der Waals surface area (Å²) in [6, 6.07) is -3.03. The van der Waals surface area contributed by atoms with Gasteiger partial charge in [-0.25, -0.2) is 4.79 Å². The topological polar surface area (TPSA) is 176 Å². The van der Waals surface area contributed by atoms with Crippen LogP contribution in [0.4, 0.5) is 4.79 Å². The van der Waals surface area contributed by atoms with Crippen LogP contribution in [0.15, 0.2) is 0 Å². The number of carbonyl (C=O) groups is 6. The highest BCUT2D eigenvalue weighted by Gasteiger charge is 2.52. The van der Waals surface area contributed by atoms with Crippen LogP contribution < -0.4 is 21.3 Å². The summed E-state index contributed by atoms with van der Waals surface area (Å²) < 4.78 is 10.6. The molecule has 7 rings (SSSR count). The van der Waals surface area contributed by atoms with Gasteiger partial charge >= 0.3 is 12.0 Å². The first-order valence-electron chi connectivity index (χ1n) is 20.9. The van der Waals surface area contributed by atoms with Gasteiger partial charge in [0.05, 0.1) is 25.2 Å². The van der Waals surface area contributed by atoms with Crippen LogP contribution in [0.3, 0.4) is 0 Å². The van der Waals surface area contributed by atoms with Crippen LogP contribution in [0, 0.1) is 35.5 Å². The highest BCUT2D eigenvalue weighted by Crippen LogP contribution is 2.55. The number of Topliss-reactive ketones (excluding diaryl/α,β-unsaturated/α-hetero) is 1. The third kappa shape index (κ3) is 10.3. The fraction of sp³-hybridized carbons (Fsp3) is 0.854. The summed E-state index contributed by atoms with van der Waals surface area (Å²) in [4.78, 5) is 83.2. The van der Waals surface area contributed by atoms with Crippen molar-refractivity contribution in [2.45, 2.75) is 166 Å². The molecule has 5 atom stereocenters. The van der Waals surface area contributed by atoms with E-state index in [-0.39, 0.29) is 60.7 Å². The van der Waals surface area contributed by atoms with Gasteiger partial charge < -0.3 is 35.6 Å². The number of ketones is 1. The molecule has 2 unspecified atom stereocenters. The Balaban J connectivity index is 1.14. The Morgan fingerprint density at radius 3 is 2.07 bits per heavy atom. The molecule has 7 aliphatic rings. The van der Waals surface area contributed by atoms with Gasteiger partial charge in [0.1, 0.15) is 17.7 Å². The number of nitrogens with zero attached hydrogens (tertiary/aromatic N) is 1. The standard InChI is InChI=1S/C41H65N5O8/c1-24(2)29-18-32(36(49)43-31(12-11-30-23-53-30)35(48)37(50)42-14-13-33(47)54-40(3,4)5)46(22-29)38(51)34(28-9-7-6-8-10-28)44-39(52)45-41-19-25-15-26(20-41)17-27(16-25)21-41/h24-32,34H,6-23H2,1-5H3,(H,42,50)(H,43,49)(H2,44,45,52)/t25?,26?,27?,29-,30?,31?,32+,34+,41?/m1/s1. The first-order chi connectivity index (χ1) is 25.6. The number of hydrogen-bond acceptors (Lipinski definition) is 8. The number of rotatable bonds is 15. The SMILES string of the molecule is CC(C)[C@@H]1C[C@@H](C(=O)NC(CCC2CO2)C(=O)C(=O)NCCC(=O)OC(C)(C)C)N(C(=O)[C@@H](NC(=O)NC23CC4CC(CC(C4)C2)C3)C2CCCCC2)C1. The minimum absolute atomic E-state index is 0.0331. The fourth-order valence-electron chi connectivity index (χ4n) is 10.6. The number of carbonyl (C=O) groups excluding carboxylic acids is 6. The minimum atomic E-state index is -1.13. The van der Waals surface area contributed by atoms with Crippen LogP contribution in [0.25, 0.3) is 0 Å². The number of hydrogen-bond donors (Lipinski definition) is 4. The average Bonchev–Trinajstić information content (AvgIpc) is 3.81. The third-order valence-electron chi connectivity index (χ3n) is 13.0. The summed E-state index contributed by atoms with van der Waals surface area (Å²) in [6.45, 7) is 10.2. The normalized spacial score (nSPS) is 31.4. The zero-order valence-corrected chi connectivity index (χ0v) is 33.2. The molecule has 7 fully saturated rings. The monoisotopic (exact) mass is 755 g/mol. The number of likely N-dealkylation sites (tertiary alicyclic amines) is 1. The second-order valence-corrected chi connectivity index (χ2v) is 19.0. The number of epoxide rings is 1. The van der Waals surface area contributed by atoms with Crippen LogP contribution in [0.2, 0.25) is 0 Å². The molecule has 54 heavy (non-hydrogen) atoms. The van der Waals surface area contributed by atoms with Crippen molar-refractivity contribution in [2.75, 3.05) is 19.7 Å². The van der Waals surface area contributed by atoms with E-state index in [1.54, 1.807) is 25.7 Å². The Labute approximate surface area is 320 Å². The quantitative estimate of drug-likeness (QED) is 0.110. The lowest BCUT2D eigenvalue weighted by atomic mass is 9.53. The maximum absolute atomic E-state index is 14.8. The molecule has 0 aromatic heterocycles. The molecule has 0 aromatic rings. The molecule has 5 aliphatic carbocycles. The van der Waals surface area contributed by atoms with Crippen molar-refractivity contribution in [3.63, 3.8) is 0 Å². The first-order valence-corrected chi connectivity index (χ1v) is 20.9. The molecule has 2 saturated heterocycles. The van der Waals surface area contributed by atoms with Gasteiger partial charge in [0, 0.05) is 18.6 Å². The molecule has 0 radical (unpaired) electrons. The lowest BCUT2D eigenvalue weighted by molar-refractivity contribution is -0.154. The van der Waals surface area contributed by atoms with E-state index in [9.17, 15) is 28.8 Å². The molecule has 2 heterocycles. The van der Waals surface area contributed by atoms with Gasteiger partial charge in [-0.2, -0.15) is 0 Å². The van der Waals surface area contributed by atoms with E-state index in [2.05, 4.69) is 35.1 Å². The molecular weight excluding hydrogens is 690 g/mol. The molecule has 13 nitrogen and oxygen atoms in total. The lowest BCUT2D eigenvalue weighted by Gasteiger charge is -2.56. The fourth-order valence-corrected chi connectivity index (χ4v) is 10.6. The van der Waals surface area contributed by atoms with E-state index < -0.39 is 47.3 Å². The zero-order chi connectivity index (χ0) is 38.8. The molecule has 2 aliphatic heterocycles. The van der Waals surface area contributed by atoms with Crippen molar-refractivity contribution in [3.8, 4) is 0 Å². The maximum Gasteiger partial charge on any atom is 0.315 e. The molecule has 0 aromatic carbocycles. The van der Waals surface area contributed by atoms with Gasteiger partial charge in [0.15, 0.2) is 0 Å². The van der Waals surface area contributed by atoms with Gasteiger partial charge in [0.2, 0.25) is 17.6 Å². The Morgan fingerprint density at radius 1 is 0.870 bits per heavy atom. The third-order valence-corrected chi connectivity index (χ3v) is 13.0. The molecule has 5 saturated carbocycles. The van der Waals surface area contributed by atoms with Crippen LogP contribution in [-0.2, 0) is 33.4 Å². The predicted octanol–water partition coefficient (Wildman–Crippen LogP) is 4.16. The summed E-state index contributed by atoms with van der Waals surface area (Å²) >= 11 is 0. The second-order valence-electron chi connectivity index (χ2n) is 19.0. The predicted molar refractivity (Wildman–Crippen MR) is 201 cm³/mol. The molecule has 0 spiro atoms. The second kappa shape index (κ2) is 16.9. The summed E-state index contributed by atoms with van der Waals surface area (Å²) in [5.74, 6) is -0.737. The molecule has 5 amide bonds. The van der Waals surface area contributed by atoms with Crippen LogP contribution in [0.5, 0.6) is 0 Å². The first kappa shape index (κ1) is 40.4. The van der Waals surface area contributed by atoms with Gasteiger partial charge in [-0.1, -0.05) is 33.1 Å². The van der Waals surface area contributed by atoms with E-state index >= 15 is 0 Å². The summed E-state index contributed by atoms with van der Waals surface area (Å²) in [5, 5.41) is 11.9. The van der Waals surface area contributed by atoms with Gasteiger partial charge in [-0.05, 0) is 127 Å². The van der Waals surface area contributed by atoms with E-state index in [1.807, 2.05) is 0 Å². The number of nitrogens with one attached hydrogen (secondary N) is 4. The Hall–Kier alpha value is -3.22. The number of amides is 5. The Bertz CT molecular complexity index is 1380. The maximum atomic E-state index is 14.8. The van der Waals surface area contributed by atoms with Crippen molar-refractivity contribution in [3.05, 3.63) is 0 Å². The molecule has 4 N–H and O–H groups in total. The van der Waals surface area contributed by atoms with E-state index in [4.69, 9.17) is 9.47 Å². The van der Waals surface area contributed by atoms with Crippen molar-refractivity contribution in [1.82, 2.24) is 26.2 Å². The largest absolute Gasteiger partial charge is 0.460 e. The van der Waals surface area contributed by atoms with Crippen molar-refractivity contribution >= 4 is 35.5 Å². The summed E-state index contributed by atoms with van der Waals surface area (Å²) in [6.07, 6.45) is 12.5. The molecule has 4 bridgehead atoms. The van der Waals surface area contributed by atoms with Crippen LogP contribution in [-0.4, -0.2) is 95.5 Å². The van der Waals surface area contributed by atoms with E-state index in [0.29, 0.717) is 43.7 Å². The number of esters is 1. The van der Waals surface area contributed by atoms with Gasteiger partial charge in [0.25, 0.3) is 5.91 Å². The smallest absolute Gasteiger partial charge is 0.315 e. The minimum Gasteiger partial charge on any atom is -0.460 e.